The summed E-state index contributed by atoms with van der Waals surface area (Å²) in [5.41, 5.74) is 3.87. The van der Waals surface area contributed by atoms with Gasteiger partial charge in [0.05, 0.1) is 18.4 Å². The minimum Gasteiger partial charge on any atom is -0.477 e. The maximum absolute atomic E-state index is 11.5. The van der Waals surface area contributed by atoms with E-state index in [0.717, 1.165) is 31.4 Å². The minimum atomic E-state index is -1.01. The number of nitrogens with zero attached hydrogens (tertiary/aromatic N) is 4. The average molecular weight is 493 g/mol. The van der Waals surface area contributed by atoms with Gasteiger partial charge >= 0.3 is 5.97 Å². The molecule has 1 N–H and O–H groups in total. The van der Waals surface area contributed by atoms with Gasteiger partial charge in [0.15, 0.2) is 5.69 Å². The topological polar surface area (TPSA) is 102 Å². The molecule has 2 aliphatic heterocycles. The Kier molecular flexibility index (Phi) is 5.38. The van der Waals surface area contributed by atoms with Gasteiger partial charge in [0.1, 0.15) is 5.76 Å². The molecule has 2 aromatic rings. The van der Waals surface area contributed by atoms with Crippen LogP contribution in [-0.4, -0.2) is 44.4 Å². The zero-order valence-electron chi connectivity index (χ0n) is 21.1. The third-order valence-corrected chi connectivity index (χ3v) is 9.63. The molecule has 2 bridgehead atoms. The lowest BCUT2D eigenvalue weighted by Gasteiger charge is -2.39. The van der Waals surface area contributed by atoms with Gasteiger partial charge in [-0.1, -0.05) is 5.16 Å². The first-order valence-corrected chi connectivity index (χ1v) is 14.0. The van der Waals surface area contributed by atoms with Crippen molar-refractivity contribution < 1.29 is 19.2 Å². The summed E-state index contributed by atoms with van der Waals surface area (Å²) < 4.78 is 12.6. The third-order valence-electron chi connectivity index (χ3n) is 9.63. The minimum absolute atomic E-state index is 0.0678. The number of aromatic carboxylic acids is 1. The number of fused-ring (bicyclic) bond motifs is 2. The van der Waals surface area contributed by atoms with E-state index in [4.69, 9.17) is 9.26 Å². The van der Waals surface area contributed by atoms with Crippen molar-refractivity contribution >= 4 is 11.9 Å². The van der Waals surface area contributed by atoms with Crippen molar-refractivity contribution in [3.05, 3.63) is 34.5 Å². The van der Waals surface area contributed by atoms with Gasteiger partial charge in [0, 0.05) is 35.2 Å². The maximum atomic E-state index is 11.5. The van der Waals surface area contributed by atoms with Crippen LogP contribution >= 0.6 is 0 Å². The molecule has 36 heavy (non-hydrogen) atoms. The molecule has 0 aromatic carbocycles. The molecule has 0 amide bonds. The molecule has 0 radical (unpaired) electrons. The van der Waals surface area contributed by atoms with Crippen LogP contribution in [0.5, 0.6) is 0 Å². The number of aromatic nitrogens is 3. The van der Waals surface area contributed by atoms with Crippen LogP contribution in [0.2, 0.25) is 0 Å². The summed E-state index contributed by atoms with van der Waals surface area (Å²) in [6, 6.07) is 2.11. The molecule has 5 aliphatic rings. The number of carboxylic acid groups (broad SMARTS) is 1. The molecule has 8 nitrogen and oxygen atoms in total. The molecule has 192 valence electrons. The Bertz CT molecular complexity index is 1150. The molecule has 3 saturated carbocycles. The van der Waals surface area contributed by atoms with Crippen LogP contribution in [0.3, 0.4) is 0 Å². The monoisotopic (exact) mass is 492 g/mol. The number of rotatable bonds is 7. The van der Waals surface area contributed by atoms with E-state index in [1.807, 2.05) is 6.92 Å². The standard InChI is InChI=1S/C28H36N4O4/c1-16-12-23(26(33)34)30-27(29-16)32-19-4-5-20(32)14-21(13-19)35-15-22-24(31-36-25(22)18-2-3-18)17-6-8-28(9-7-17)10-11-28/h12,17-21H,2-11,13-15H2,1H3,(H,33,34)/t19-,20?,21-/m0/s1. The first kappa shape index (κ1) is 22.7. The van der Waals surface area contributed by atoms with E-state index in [2.05, 4.69) is 20.0 Å². The number of ether oxygens (including phenoxy) is 1. The van der Waals surface area contributed by atoms with Gasteiger partial charge in [-0.2, -0.15) is 0 Å². The van der Waals surface area contributed by atoms with Crippen molar-refractivity contribution in [3.8, 4) is 0 Å². The molecule has 1 spiro atoms. The van der Waals surface area contributed by atoms with E-state index in [-0.39, 0.29) is 23.9 Å². The zero-order valence-corrected chi connectivity index (χ0v) is 21.1. The third kappa shape index (κ3) is 4.11. The Morgan fingerprint density at radius 2 is 1.78 bits per heavy atom. The number of anilines is 1. The number of carboxylic acids is 1. The molecular formula is C28H36N4O4. The van der Waals surface area contributed by atoms with Crippen LogP contribution in [0, 0.1) is 12.3 Å². The molecule has 8 heteroatoms. The quantitative estimate of drug-likeness (QED) is 0.540. The van der Waals surface area contributed by atoms with Crippen molar-refractivity contribution in [2.45, 2.75) is 121 Å². The smallest absolute Gasteiger partial charge is 0.354 e. The highest BCUT2D eigenvalue weighted by Gasteiger charge is 2.47. The largest absolute Gasteiger partial charge is 0.477 e. The molecule has 2 aromatic heterocycles. The van der Waals surface area contributed by atoms with Crippen LogP contribution in [0.25, 0.3) is 0 Å². The number of piperidine rings is 1. The van der Waals surface area contributed by atoms with E-state index >= 15 is 0 Å². The molecule has 7 rings (SSSR count). The van der Waals surface area contributed by atoms with Gasteiger partial charge in [-0.05, 0) is 95.5 Å². The van der Waals surface area contributed by atoms with Gasteiger partial charge in [-0.15, -0.1) is 0 Å². The predicted molar refractivity (Wildman–Crippen MR) is 132 cm³/mol. The number of aryl methyl sites for hydroxylation is 1. The van der Waals surface area contributed by atoms with Gasteiger partial charge in [0.25, 0.3) is 0 Å². The molecule has 3 atom stereocenters. The summed E-state index contributed by atoms with van der Waals surface area (Å²) in [5.74, 6) is 1.69. The fourth-order valence-corrected chi connectivity index (χ4v) is 7.22. The summed E-state index contributed by atoms with van der Waals surface area (Å²) in [4.78, 5) is 22.8. The fourth-order valence-electron chi connectivity index (χ4n) is 7.22. The Morgan fingerprint density at radius 3 is 2.42 bits per heavy atom. The Morgan fingerprint density at radius 1 is 1.06 bits per heavy atom. The maximum Gasteiger partial charge on any atom is 0.354 e. The van der Waals surface area contributed by atoms with E-state index in [1.54, 1.807) is 0 Å². The van der Waals surface area contributed by atoms with Crippen molar-refractivity contribution in [2.24, 2.45) is 5.41 Å². The lowest BCUT2D eigenvalue weighted by Crippen LogP contribution is -2.46. The highest BCUT2D eigenvalue weighted by Crippen LogP contribution is 2.59. The second kappa shape index (κ2) is 8.54. The number of carbonyl (C=O) groups is 1. The molecule has 5 fully saturated rings. The van der Waals surface area contributed by atoms with Crippen molar-refractivity contribution in [1.29, 1.82) is 0 Å². The van der Waals surface area contributed by atoms with Gasteiger partial charge < -0.3 is 19.3 Å². The Balaban J connectivity index is 1.05. The SMILES string of the molecule is Cc1cc(C(=O)O)nc(N2C3CC[C@H]2C[C@H](OCc2c(C4CCC5(CC4)CC5)noc2C2CC2)C3)n1. The lowest BCUT2D eigenvalue weighted by atomic mass is 9.77. The van der Waals surface area contributed by atoms with Crippen LogP contribution in [0.4, 0.5) is 5.95 Å². The number of hydrogen-bond donors (Lipinski definition) is 1. The normalized spacial score (nSPS) is 29.1. The molecule has 1 unspecified atom stereocenters. The van der Waals surface area contributed by atoms with Crippen LogP contribution in [0.1, 0.15) is 122 Å². The van der Waals surface area contributed by atoms with E-state index in [1.165, 1.54) is 68.7 Å². The van der Waals surface area contributed by atoms with Crippen molar-refractivity contribution in [2.75, 3.05) is 4.90 Å². The Labute approximate surface area is 211 Å². The zero-order chi connectivity index (χ0) is 24.4. The van der Waals surface area contributed by atoms with E-state index < -0.39 is 5.97 Å². The fraction of sp³-hybridized carbons (Fsp3) is 0.714. The number of hydrogen-bond acceptors (Lipinski definition) is 7. The summed E-state index contributed by atoms with van der Waals surface area (Å²) in [6.45, 7) is 2.43. The molecular weight excluding hydrogens is 456 g/mol. The van der Waals surface area contributed by atoms with Crippen molar-refractivity contribution in [1.82, 2.24) is 15.1 Å². The first-order valence-electron chi connectivity index (χ1n) is 14.0. The lowest BCUT2D eigenvalue weighted by molar-refractivity contribution is 0.0138. The predicted octanol–water partition coefficient (Wildman–Crippen LogP) is 5.50. The van der Waals surface area contributed by atoms with Gasteiger partial charge in [0.2, 0.25) is 5.95 Å². The first-order chi connectivity index (χ1) is 17.5. The van der Waals surface area contributed by atoms with Gasteiger partial charge in [-0.3, -0.25) is 0 Å². The van der Waals surface area contributed by atoms with E-state index in [0.29, 0.717) is 35.5 Å². The second-order valence-electron chi connectivity index (χ2n) is 12.2. The average Bonchev–Trinajstić information content (AvgIpc) is 3.79. The summed E-state index contributed by atoms with van der Waals surface area (Å²) in [5, 5.41) is 14.1. The van der Waals surface area contributed by atoms with Crippen LogP contribution in [0.15, 0.2) is 10.6 Å². The van der Waals surface area contributed by atoms with Crippen LogP contribution < -0.4 is 4.90 Å². The summed E-state index contributed by atoms with van der Waals surface area (Å²) in [7, 11) is 0. The molecule has 2 saturated heterocycles. The highest BCUT2D eigenvalue weighted by atomic mass is 16.5. The molecule has 3 aliphatic carbocycles. The second-order valence-corrected chi connectivity index (χ2v) is 12.2. The summed E-state index contributed by atoms with van der Waals surface area (Å²) >= 11 is 0. The Hall–Kier alpha value is -2.48. The van der Waals surface area contributed by atoms with Gasteiger partial charge in [-0.25, -0.2) is 14.8 Å². The summed E-state index contributed by atoms with van der Waals surface area (Å²) in [6.07, 6.45) is 14.6. The highest BCUT2D eigenvalue weighted by molar-refractivity contribution is 5.85. The molecule has 4 heterocycles. The van der Waals surface area contributed by atoms with Crippen molar-refractivity contribution in [3.63, 3.8) is 0 Å². The van der Waals surface area contributed by atoms with E-state index in [9.17, 15) is 9.90 Å². The van der Waals surface area contributed by atoms with Crippen LogP contribution in [-0.2, 0) is 11.3 Å².